The Morgan fingerprint density at radius 2 is 1.96 bits per heavy atom. The first-order chi connectivity index (χ1) is 11.0. The highest BCUT2D eigenvalue weighted by Gasteiger charge is 2.16. The van der Waals surface area contributed by atoms with Crippen LogP contribution in [0, 0.1) is 11.6 Å². The second-order valence-corrected chi connectivity index (χ2v) is 5.36. The summed E-state index contributed by atoms with van der Waals surface area (Å²) >= 11 is 3.32. The lowest BCUT2D eigenvalue weighted by Crippen LogP contribution is -2.13. The second kappa shape index (κ2) is 7.41. The highest BCUT2D eigenvalue weighted by Crippen LogP contribution is 2.36. The minimum Gasteiger partial charge on any atom is -0.493 e. The van der Waals surface area contributed by atoms with Crippen molar-refractivity contribution in [1.82, 2.24) is 0 Å². The number of halogens is 3. The number of amides is 1. The first-order valence-electron chi connectivity index (χ1n) is 6.73. The summed E-state index contributed by atoms with van der Waals surface area (Å²) in [7, 11) is 1.46. The van der Waals surface area contributed by atoms with Crippen LogP contribution in [0.1, 0.15) is 17.3 Å². The number of hydrogen-bond donors (Lipinski definition) is 1. The molecule has 7 heteroatoms. The quantitative estimate of drug-likeness (QED) is 0.830. The Labute approximate surface area is 140 Å². The third-order valence-electron chi connectivity index (χ3n) is 2.96. The number of carbonyl (C=O) groups is 1. The SMILES string of the molecule is CCOc1c(Br)cc(C(=O)Nc2ccc(F)c(F)c2)cc1OC. The van der Waals surface area contributed by atoms with E-state index in [2.05, 4.69) is 21.2 Å². The number of carbonyl (C=O) groups excluding carboxylic acids is 1. The van der Waals surface area contributed by atoms with E-state index >= 15 is 0 Å². The minimum absolute atomic E-state index is 0.151. The molecule has 23 heavy (non-hydrogen) atoms. The van der Waals surface area contributed by atoms with E-state index in [-0.39, 0.29) is 11.3 Å². The number of rotatable bonds is 5. The highest BCUT2D eigenvalue weighted by atomic mass is 79.9. The molecule has 0 aromatic heterocycles. The van der Waals surface area contributed by atoms with Crippen LogP contribution in [0.5, 0.6) is 11.5 Å². The molecule has 2 aromatic rings. The molecular weight excluding hydrogens is 372 g/mol. The fraction of sp³-hybridized carbons (Fsp3) is 0.188. The molecule has 0 radical (unpaired) electrons. The molecule has 122 valence electrons. The Hall–Kier alpha value is -2.15. The van der Waals surface area contributed by atoms with Gasteiger partial charge >= 0.3 is 0 Å². The van der Waals surface area contributed by atoms with Gasteiger partial charge in [0.2, 0.25) is 0 Å². The monoisotopic (exact) mass is 385 g/mol. The molecule has 0 unspecified atom stereocenters. The Bertz CT molecular complexity index is 738. The van der Waals surface area contributed by atoms with Gasteiger partial charge in [-0.15, -0.1) is 0 Å². The molecule has 1 N–H and O–H groups in total. The zero-order chi connectivity index (χ0) is 17.0. The second-order valence-electron chi connectivity index (χ2n) is 4.51. The number of anilines is 1. The van der Waals surface area contributed by atoms with Crippen molar-refractivity contribution in [1.29, 1.82) is 0 Å². The molecule has 0 spiro atoms. The molecule has 0 saturated carbocycles. The van der Waals surface area contributed by atoms with E-state index in [1.165, 1.54) is 19.2 Å². The Kier molecular flexibility index (Phi) is 5.54. The summed E-state index contributed by atoms with van der Waals surface area (Å²) in [4.78, 5) is 12.3. The van der Waals surface area contributed by atoms with Crippen molar-refractivity contribution in [3.63, 3.8) is 0 Å². The first kappa shape index (κ1) is 17.2. The third-order valence-corrected chi connectivity index (χ3v) is 3.55. The van der Waals surface area contributed by atoms with Gasteiger partial charge in [0, 0.05) is 17.3 Å². The number of ether oxygens (including phenoxy) is 2. The average Bonchev–Trinajstić information content (AvgIpc) is 2.52. The van der Waals surface area contributed by atoms with E-state index in [4.69, 9.17) is 9.47 Å². The van der Waals surface area contributed by atoms with Crippen LogP contribution in [0.25, 0.3) is 0 Å². The molecule has 0 atom stereocenters. The Morgan fingerprint density at radius 1 is 1.22 bits per heavy atom. The molecule has 1 amide bonds. The molecule has 2 aromatic carbocycles. The van der Waals surface area contributed by atoms with Crippen LogP contribution in [0.4, 0.5) is 14.5 Å². The topological polar surface area (TPSA) is 47.6 Å². The number of nitrogens with one attached hydrogen (secondary N) is 1. The maximum atomic E-state index is 13.2. The van der Waals surface area contributed by atoms with Gasteiger partial charge in [-0.1, -0.05) is 0 Å². The van der Waals surface area contributed by atoms with Gasteiger partial charge in [0.05, 0.1) is 18.2 Å². The summed E-state index contributed by atoms with van der Waals surface area (Å²) in [5.74, 6) is -1.63. The van der Waals surface area contributed by atoms with E-state index in [1.54, 1.807) is 6.07 Å². The maximum Gasteiger partial charge on any atom is 0.255 e. The molecule has 4 nitrogen and oxygen atoms in total. The highest BCUT2D eigenvalue weighted by molar-refractivity contribution is 9.10. The summed E-state index contributed by atoms with van der Waals surface area (Å²) in [6, 6.07) is 6.19. The maximum absolute atomic E-state index is 13.2. The summed E-state index contributed by atoms with van der Waals surface area (Å²) in [6.07, 6.45) is 0. The molecule has 2 rings (SSSR count). The Balaban J connectivity index is 2.28. The average molecular weight is 386 g/mol. The van der Waals surface area contributed by atoms with E-state index < -0.39 is 17.5 Å². The van der Waals surface area contributed by atoms with E-state index in [0.717, 1.165) is 12.1 Å². The van der Waals surface area contributed by atoms with Crippen LogP contribution in [0.3, 0.4) is 0 Å². The Morgan fingerprint density at radius 3 is 2.57 bits per heavy atom. The van der Waals surface area contributed by atoms with Gasteiger partial charge in [0.1, 0.15) is 0 Å². The van der Waals surface area contributed by atoms with Gasteiger partial charge < -0.3 is 14.8 Å². The van der Waals surface area contributed by atoms with Crippen molar-refractivity contribution in [3.8, 4) is 11.5 Å². The summed E-state index contributed by atoms with van der Waals surface area (Å²) in [5.41, 5.74) is 0.430. The predicted octanol–water partition coefficient (Wildman–Crippen LogP) is 4.39. The molecule has 0 aliphatic heterocycles. The van der Waals surface area contributed by atoms with Crippen molar-refractivity contribution < 1.29 is 23.0 Å². The lowest BCUT2D eigenvalue weighted by Gasteiger charge is -2.13. The van der Waals surface area contributed by atoms with Gasteiger partial charge in [-0.25, -0.2) is 8.78 Å². The first-order valence-corrected chi connectivity index (χ1v) is 7.52. The van der Waals surface area contributed by atoms with Crippen LogP contribution in [0.2, 0.25) is 0 Å². The van der Waals surface area contributed by atoms with Gasteiger partial charge in [-0.2, -0.15) is 0 Å². The van der Waals surface area contributed by atoms with Gasteiger partial charge in [-0.3, -0.25) is 4.79 Å². The minimum atomic E-state index is -1.03. The van der Waals surface area contributed by atoms with E-state index in [9.17, 15) is 13.6 Å². The van der Waals surface area contributed by atoms with Crippen molar-refractivity contribution >= 4 is 27.5 Å². The number of hydrogen-bond acceptors (Lipinski definition) is 3. The summed E-state index contributed by atoms with van der Waals surface area (Å²) < 4.78 is 37.3. The van der Waals surface area contributed by atoms with Crippen LogP contribution in [-0.4, -0.2) is 19.6 Å². The molecule has 0 aliphatic carbocycles. The van der Waals surface area contributed by atoms with E-state index in [1.807, 2.05) is 6.92 Å². The molecule has 0 heterocycles. The molecule has 0 saturated heterocycles. The van der Waals surface area contributed by atoms with Crippen LogP contribution in [0.15, 0.2) is 34.8 Å². The molecular formula is C16H14BrF2NO3. The van der Waals surface area contributed by atoms with Crippen molar-refractivity contribution in [2.75, 3.05) is 19.0 Å². The zero-order valence-electron chi connectivity index (χ0n) is 12.5. The van der Waals surface area contributed by atoms with Crippen molar-refractivity contribution in [2.24, 2.45) is 0 Å². The van der Waals surface area contributed by atoms with Crippen LogP contribution < -0.4 is 14.8 Å². The fourth-order valence-corrected chi connectivity index (χ4v) is 2.47. The van der Waals surface area contributed by atoms with Gasteiger partial charge in [0.25, 0.3) is 5.91 Å². The smallest absolute Gasteiger partial charge is 0.255 e. The van der Waals surface area contributed by atoms with Crippen molar-refractivity contribution in [3.05, 3.63) is 52.0 Å². The summed E-state index contributed by atoms with van der Waals surface area (Å²) in [5, 5.41) is 2.49. The third kappa shape index (κ3) is 3.98. The molecule has 0 bridgehead atoms. The normalized spacial score (nSPS) is 10.3. The predicted molar refractivity (Wildman–Crippen MR) is 86.2 cm³/mol. The van der Waals surface area contributed by atoms with Gasteiger partial charge in [-0.05, 0) is 47.1 Å². The van der Waals surface area contributed by atoms with E-state index in [0.29, 0.717) is 22.6 Å². The lowest BCUT2D eigenvalue weighted by molar-refractivity contribution is 0.102. The standard InChI is InChI=1S/C16H14BrF2NO3/c1-3-23-15-11(17)6-9(7-14(15)22-2)16(21)20-10-4-5-12(18)13(19)8-10/h4-8H,3H2,1-2H3,(H,20,21). The number of benzene rings is 2. The van der Waals surface area contributed by atoms with Crippen LogP contribution in [-0.2, 0) is 0 Å². The number of methoxy groups -OCH3 is 1. The van der Waals surface area contributed by atoms with Gasteiger partial charge in [0.15, 0.2) is 23.1 Å². The zero-order valence-corrected chi connectivity index (χ0v) is 14.0. The fourth-order valence-electron chi connectivity index (χ4n) is 1.91. The summed E-state index contributed by atoms with van der Waals surface area (Å²) in [6.45, 7) is 2.27. The van der Waals surface area contributed by atoms with Crippen LogP contribution >= 0.6 is 15.9 Å². The van der Waals surface area contributed by atoms with Crippen molar-refractivity contribution in [2.45, 2.75) is 6.92 Å². The molecule has 0 aliphatic rings. The lowest BCUT2D eigenvalue weighted by atomic mass is 10.1. The molecule has 0 fully saturated rings. The largest absolute Gasteiger partial charge is 0.493 e.